The standard InChI is InChI=1S/C16H22N2OS/c1-2-12-8-9-18(11-12)16(19)14(15(17)20)10-13-6-4-3-5-7-13/h3-7,12,14H,2,8-11H2,1H3,(H2,17,20). The number of hydrogen-bond acceptors (Lipinski definition) is 2. The number of carbonyl (C=O) groups excluding carboxylic acids is 1. The van der Waals surface area contributed by atoms with Gasteiger partial charge in [-0.15, -0.1) is 0 Å². The van der Waals surface area contributed by atoms with Gasteiger partial charge in [-0.25, -0.2) is 0 Å². The number of nitrogens with zero attached hydrogens (tertiary/aromatic N) is 1. The van der Waals surface area contributed by atoms with Gasteiger partial charge in [-0.3, -0.25) is 4.79 Å². The molecule has 1 heterocycles. The molecule has 0 saturated carbocycles. The molecule has 2 N–H and O–H groups in total. The minimum absolute atomic E-state index is 0.0947. The minimum atomic E-state index is -0.372. The van der Waals surface area contributed by atoms with E-state index in [9.17, 15) is 4.79 Å². The van der Waals surface area contributed by atoms with E-state index in [-0.39, 0.29) is 11.8 Å². The van der Waals surface area contributed by atoms with Gasteiger partial charge in [0, 0.05) is 13.1 Å². The first-order valence-corrected chi connectivity index (χ1v) is 7.64. The third-order valence-electron chi connectivity index (χ3n) is 4.10. The van der Waals surface area contributed by atoms with Gasteiger partial charge in [0.05, 0.1) is 10.9 Å². The Morgan fingerprint density at radius 2 is 2.15 bits per heavy atom. The molecular weight excluding hydrogens is 268 g/mol. The molecule has 1 aromatic rings. The predicted octanol–water partition coefficient (Wildman–Crippen LogP) is 2.39. The van der Waals surface area contributed by atoms with Crippen molar-refractivity contribution in [1.29, 1.82) is 0 Å². The molecule has 0 radical (unpaired) electrons. The summed E-state index contributed by atoms with van der Waals surface area (Å²) in [6, 6.07) is 9.93. The lowest BCUT2D eigenvalue weighted by Crippen LogP contribution is -2.41. The van der Waals surface area contributed by atoms with E-state index < -0.39 is 0 Å². The zero-order valence-electron chi connectivity index (χ0n) is 11.9. The summed E-state index contributed by atoms with van der Waals surface area (Å²) in [5.74, 6) is 0.350. The number of amides is 1. The highest BCUT2D eigenvalue weighted by molar-refractivity contribution is 7.80. The molecule has 2 unspecified atom stereocenters. The summed E-state index contributed by atoms with van der Waals surface area (Å²) < 4.78 is 0. The lowest BCUT2D eigenvalue weighted by molar-refractivity contribution is -0.132. The monoisotopic (exact) mass is 290 g/mol. The highest BCUT2D eigenvalue weighted by Gasteiger charge is 2.31. The molecule has 1 amide bonds. The smallest absolute Gasteiger partial charge is 0.232 e. The maximum Gasteiger partial charge on any atom is 0.232 e. The second-order valence-corrected chi connectivity index (χ2v) is 5.96. The number of carbonyl (C=O) groups is 1. The number of thiocarbonyl (C=S) groups is 1. The Hall–Kier alpha value is -1.42. The van der Waals surface area contributed by atoms with Crippen molar-refractivity contribution in [3.63, 3.8) is 0 Å². The van der Waals surface area contributed by atoms with Crippen LogP contribution in [-0.2, 0) is 11.2 Å². The minimum Gasteiger partial charge on any atom is -0.393 e. The Morgan fingerprint density at radius 3 is 2.70 bits per heavy atom. The molecule has 0 spiro atoms. The fourth-order valence-corrected chi connectivity index (χ4v) is 2.93. The van der Waals surface area contributed by atoms with Crippen molar-refractivity contribution in [2.45, 2.75) is 26.2 Å². The van der Waals surface area contributed by atoms with Crippen LogP contribution in [0.3, 0.4) is 0 Å². The van der Waals surface area contributed by atoms with Crippen LogP contribution in [0.1, 0.15) is 25.3 Å². The van der Waals surface area contributed by atoms with Gasteiger partial charge in [-0.1, -0.05) is 55.9 Å². The average molecular weight is 290 g/mol. The number of rotatable bonds is 5. The molecule has 108 valence electrons. The van der Waals surface area contributed by atoms with Crippen LogP contribution in [0.25, 0.3) is 0 Å². The molecule has 1 fully saturated rings. The molecular formula is C16H22N2OS. The first kappa shape index (κ1) is 15.0. The number of nitrogens with two attached hydrogens (primary N) is 1. The molecule has 2 rings (SSSR count). The van der Waals surface area contributed by atoms with Crippen LogP contribution in [-0.4, -0.2) is 28.9 Å². The number of hydrogen-bond donors (Lipinski definition) is 1. The lowest BCUT2D eigenvalue weighted by atomic mass is 9.98. The molecule has 1 aromatic carbocycles. The molecule has 1 aliphatic heterocycles. The SMILES string of the molecule is CCC1CCN(C(=O)C(Cc2ccccc2)C(N)=S)C1. The summed E-state index contributed by atoms with van der Waals surface area (Å²) in [6.07, 6.45) is 2.82. The average Bonchev–Trinajstić information content (AvgIpc) is 2.94. The van der Waals surface area contributed by atoms with E-state index in [0.717, 1.165) is 31.5 Å². The van der Waals surface area contributed by atoms with Crippen LogP contribution >= 0.6 is 12.2 Å². The Bertz CT molecular complexity index is 475. The zero-order valence-corrected chi connectivity index (χ0v) is 12.7. The normalized spacial score (nSPS) is 19.9. The van der Waals surface area contributed by atoms with E-state index in [0.29, 0.717) is 17.3 Å². The van der Waals surface area contributed by atoms with Gasteiger partial charge in [0.2, 0.25) is 5.91 Å². The summed E-state index contributed by atoms with van der Waals surface area (Å²) in [5, 5.41) is 0. The predicted molar refractivity (Wildman–Crippen MR) is 85.4 cm³/mol. The van der Waals surface area contributed by atoms with Gasteiger partial charge in [0.15, 0.2) is 0 Å². The van der Waals surface area contributed by atoms with Gasteiger partial charge in [-0.2, -0.15) is 0 Å². The summed E-state index contributed by atoms with van der Waals surface area (Å²) in [5.41, 5.74) is 6.91. The third kappa shape index (κ3) is 3.57. The molecule has 20 heavy (non-hydrogen) atoms. The van der Waals surface area contributed by atoms with Crippen LogP contribution < -0.4 is 5.73 Å². The van der Waals surface area contributed by atoms with Crippen LogP contribution in [0.2, 0.25) is 0 Å². The molecule has 3 nitrogen and oxygen atoms in total. The molecule has 2 atom stereocenters. The van der Waals surface area contributed by atoms with Crippen LogP contribution in [0.5, 0.6) is 0 Å². The quantitative estimate of drug-likeness (QED) is 0.847. The lowest BCUT2D eigenvalue weighted by Gasteiger charge is -2.23. The Labute approximate surface area is 126 Å². The van der Waals surface area contributed by atoms with Crippen molar-refractivity contribution in [2.24, 2.45) is 17.6 Å². The maximum atomic E-state index is 12.6. The van der Waals surface area contributed by atoms with Crippen LogP contribution in [0.15, 0.2) is 30.3 Å². The second-order valence-electron chi connectivity index (χ2n) is 5.49. The van der Waals surface area contributed by atoms with Gasteiger partial charge >= 0.3 is 0 Å². The highest BCUT2D eigenvalue weighted by Crippen LogP contribution is 2.22. The summed E-state index contributed by atoms with van der Waals surface area (Å²) in [6.45, 7) is 3.86. The first-order valence-electron chi connectivity index (χ1n) is 7.23. The maximum absolute atomic E-state index is 12.6. The molecule has 1 aliphatic rings. The topological polar surface area (TPSA) is 46.3 Å². The highest BCUT2D eigenvalue weighted by atomic mass is 32.1. The largest absolute Gasteiger partial charge is 0.393 e. The van der Waals surface area contributed by atoms with Crippen molar-refractivity contribution in [3.8, 4) is 0 Å². The summed E-state index contributed by atoms with van der Waals surface area (Å²) in [4.78, 5) is 14.8. The van der Waals surface area contributed by atoms with E-state index in [1.165, 1.54) is 0 Å². The van der Waals surface area contributed by atoms with E-state index in [1.807, 2.05) is 35.2 Å². The van der Waals surface area contributed by atoms with Crippen LogP contribution in [0.4, 0.5) is 0 Å². The van der Waals surface area contributed by atoms with Crippen molar-refractivity contribution in [1.82, 2.24) is 4.90 Å². The van der Waals surface area contributed by atoms with E-state index in [4.69, 9.17) is 18.0 Å². The van der Waals surface area contributed by atoms with Crippen LogP contribution in [0, 0.1) is 11.8 Å². The van der Waals surface area contributed by atoms with Gasteiger partial charge in [0.1, 0.15) is 0 Å². The van der Waals surface area contributed by atoms with Crippen molar-refractivity contribution in [2.75, 3.05) is 13.1 Å². The Morgan fingerprint density at radius 1 is 1.45 bits per heavy atom. The fraction of sp³-hybridized carbons (Fsp3) is 0.500. The molecule has 0 bridgehead atoms. The van der Waals surface area contributed by atoms with Gasteiger partial charge in [-0.05, 0) is 24.3 Å². The summed E-state index contributed by atoms with van der Waals surface area (Å²) >= 11 is 5.12. The fourth-order valence-electron chi connectivity index (χ4n) is 2.75. The number of benzene rings is 1. The summed E-state index contributed by atoms with van der Waals surface area (Å²) in [7, 11) is 0. The molecule has 1 saturated heterocycles. The van der Waals surface area contributed by atoms with Gasteiger partial charge in [0.25, 0.3) is 0 Å². The Balaban J connectivity index is 2.05. The molecule has 0 aromatic heterocycles. The van der Waals surface area contributed by atoms with E-state index >= 15 is 0 Å². The van der Waals surface area contributed by atoms with Crippen molar-refractivity contribution >= 4 is 23.1 Å². The second kappa shape index (κ2) is 6.84. The van der Waals surface area contributed by atoms with E-state index in [2.05, 4.69) is 6.92 Å². The molecule has 4 heteroatoms. The first-order chi connectivity index (χ1) is 9.61. The zero-order chi connectivity index (χ0) is 14.5. The van der Waals surface area contributed by atoms with E-state index in [1.54, 1.807) is 0 Å². The van der Waals surface area contributed by atoms with Crippen molar-refractivity contribution < 1.29 is 4.79 Å². The Kier molecular flexibility index (Phi) is 5.12. The molecule has 0 aliphatic carbocycles. The third-order valence-corrected chi connectivity index (χ3v) is 4.38. The van der Waals surface area contributed by atoms with Crippen molar-refractivity contribution in [3.05, 3.63) is 35.9 Å². The van der Waals surface area contributed by atoms with Gasteiger partial charge < -0.3 is 10.6 Å². The number of likely N-dealkylation sites (tertiary alicyclic amines) is 1.